The van der Waals surface area contributed by atoms with Crippen molar-refractivity contribution in [2.24, 2.45) is 5.10 Å². The summed E-state index contributed by atoms with van der Waals surface area (Å²) in [5, 5.41) is 13.0. The van der Waals surface area contributed by atoms with Gasteiger partial charge in [-0.1, -0.05) is 41.4 Å². The number of halogens is 5. The standard InChI is InChI=1S/C23H15Cl2F3N2O4/c24-18-8-14(11-29-30-21(31)16-2-1-3-17(10-16)23(26,27)28)9-19(25)20(18)34-12-13-4-6-15(7-5-13)22(32)33/h1-11H,12H2,(H,30,31)(H,32,33)/b29-11-. The molecule has 0 spiro atoms. The van der Waals surface area contributed by atoms with Crippen molar-refractivity contribution in [1.82, 2.24) is 5.43 Å². The summed E-state index contributed by atoms with van der Waals surface area (Å²) >= 11 is 12.4. The van der Waals surface area contributed by atoms with Gasteiger partial charge in [0.1, 0.15) is 6.61 Å². The van der Waals surface area contributed by atoms with E-state index in [1.54, 1.807) is 12.1 Å². The average molecular weight is 511 g/mol. The minimum Gasteiger partial charge on any atom is -0.486 e. The average Bonchev–Trinajstić information content (AvgIpc) is 2.78. The van der Waals surface area contributed by atoms with Gasteiger partial charge in [-0.3, -0.25) is 4.79 Å². The normalized spacial score (nSPS) is 11.4. The number of nitrogens with one attached hydrogen (secondary N) is 1. The van der Waals surface area contributed by atoms with Crippen LogP contribution >= 0.6 is 23.2 Å². The van der Waals surface area contributed by atoms with Crippen LogP contribution in [-0.2, 0) is 12.8 Å². The Bertz CT molecular complexity index is 1220. The fourth-order valence-corrected chi connectivity index (χ4v) is 3.37. The van der Waals surface area contributed by atoms with Gasteiger partial charge in [0.2, 0.25) is 0 Å². The van der Waals surface area contributed by atoms with Crippen molar-refractivity contribution in [3.8, 4) is 5.75 Å². The molecule has 1 amide bonds. The number of amides is 1. The van der Waals surface area contributed by atoms with E-state index < -0.39 is 23.6 Å². The molecular weight excluding hydrogens is 496 g/mol. The van der Waals surface area contributed by atoms with Gasteiger partial charge in [0.05, 0.1) is 27.4 Å². The summed E-state index contributed by atoms with van der Waals surface area (Å²) in [5.41, 5.74) is 2.23. The number of hydrogen-bond donors (Lipinski definition) is 2. The molecule has 0 bridgehead atoms. The summed E-state index contributed by atoms with van der Waals surface area (Å²) in [6, 6.07) is 13.0. The molecule has 0 fully saturated rings. The van der Waals surface area contributed by atoms with Gasteiger partial charge in [-0.05, 0) is 53.6 Å². The second kappa shape index (κ2) is 10.6. The predicted octanol–water partition coefficient (Wildman–Crippen LogP) is 6.05. The van der Waals surface area contributed by atoms with Crippen molar-refractivity contribution in [1.29, 1.82) is 0 Å². The number of hydrazone groups is 1. The Balaban J connectivity index is 1.64. The van der Waals surface area contributed by atoms with Crippen molar-refractivity contribution in [3.05, 3.63) is 98.5 Å². The van der Waals surface area contributed by atoms with Gasteiger partial charge in [-0.25, -0.2) is 10.2 Å². The Morgan fingerprint density at radius 3 is 2.24 bits per heavy atom. The van der Waals surface area contributed by atoms with E-state index in [1.165, 1.54) is 36.5 Å². The summed E-state index contributed by atoms with van der Waals surface area (Å²) in [6.07, 6.45) is -3.35. The molecule has 3 aromatic rings. The lowest BCUT2D eigenvalue weighted by Crippen LogP contribution is -2.18. The quantitative estimate of drug-likeness (QED) is 0.299. The number of benzene rings is 3. The number of alkyl halides is 3. The SMILES string of the molecule is O=C(O)c1ccc(COc2c(Cl)cc(/C=N\NC(=O)c3cccc(C(F)(F)F)c3)cc2Cl)cc1. The number of aromatic carboxylic acids is 1. The highest BCUT2D eigenvalue weighted by Gasteiger charge is 2.30. The van der Waals surface area contributed by atoms with Crippen LogP contribution in [0, 0.1) is 0 Å². The predicted molar refractivity (Wildman–Crippen MR) is 121 cm³/mol. The fourth-order valence-electron chi connectivity index (χ4n) is 2.76. The van der Waals surface area contributed by atoms with Crippen molar-refractivity contribution >= 4 is 41.3 Å². The molecule has 6 nitrogen and oxygen atoms in total. The van der Waals surface area contributed by atoms with Crippen LogP contribution in [0.5, 0.6) is 5.75 Å². The highest BCUT2D eigenvalue weighted by molar-refractivity contribution is 6.37. The number of carbonyl (C=O) groups is 2. The lowest BCUT2D eigenvalue weighted by Gasteiger charge is -2.11. The van der Waals surface area contributed by atoms with E-state index in [4.69, 9.17) is 33.0 Å². The molecule has 3 aromatic carbocycles. The number of ether oxygens (including phenoxy) is 1. The third-order valence-corrected chi connectivity index (χ3v) is 5.00. The highest BCUT2D eigenvalue weighted by Crippen LogP contribution is 2.34. The zero-order chi connectivity index (χ0) is 24.9. The van der Waals surface area contributed by atoms with E-state index in [1.807, 2.05) is 0 Å². The Hall–Kier alpha value is -3.56. The molecule has 11 heteroatoms. The first-order chi connectivity index (χ1) is 16.0. The van der Waals surface area contributed by atoms with Gasteiger partial charge in [-0.2, -0.15) is 18.3 Å². The van der Waals surface area contributed by atoms with Crippen LogP contribution in [0.1, 0.15) is 37.4 Å². The second-order valence-electron chi connectivity index (χ2n) is 6.88. The molecule has 0 saturated carbocycles. The molecule has 0 radical (unpaired) electrons. The molecule has 0 atom stereocenters. The Morgan fingerprint density at radius 1 is 1.00 bits per heavy atom. The van der Waals surface area contributed by atoms with E-state index in [0.29, 0.717) is 11.1 Å². The van der Waals surface area contributed by atoms with Crippen molar-refractivity contribution in [2.45, 2.75) is 12.8 Å². The van der Waals surface area contributed by atoms with E-state index in [-0.39, 0.29) is 33.5 Å². The molecule has 0 aliphatic carbocycles. The number of rotatable bonds is 7. The molecule has 0 heterocycles. The molecule has 176 valence electrons. The van der Waals surface area contributed by atoms with Crippen LogP contribution in [0.25, 0.3) is 0 Å². The lowest BCUT2D eigenvalue weighted by molar-refractivity contribution is -0.137. The highest BCUT2D eigenvalue weighted by atomic mass is 35.5. The fraction of sp³-hybridized carbons (Fsp3) is 0.0870. The smallest absolute Gasteiger partial charge is 0.416 e. The first-order valence-corrected chi connectivity index (χ1v) is 10.2. The molecule has 34 heavy (non-hydrogen) atoms. The maximum atomic E-state index is 12.8. The monoisotopic (exact) mass is 510 g/mol. The molecular formula is C23H15Cl2F3N2O4. The first kappa shape index (κ1) is 25.1. The van der Waals surface area contributed by atoms with Gasteiger partial charge in [0.25, 0.3) is 5.91 Å². The van der Waals surface area contributed by atoms with Gasteiger partial charge in [0.15, 0.2) is 5.75 Å². The van der Waals surface area contributed by atoms with Crippen LogP contribution in [0.4, 0.5) is 13.2 Å². The summed E-state index contributed by atoms with van der Waals surface area (Å²) in [5.74, 6) is -1.67. The maximum absolute atomic E-state index is 12.8. The first-order valence-electron chi connectivity index (χ1n) is 9.49. The Kier molecular flexibility index (Phi) is 7.80. The van der Waals surface area contributed by atoms with Gasteiger partial charge >= 0.3 is 12.1 Å². The van der Waals surface area contributed by atoms with Crippen molar-refractivity contribution in [3.63, 3.8) is 0 Å². The number of carboxylic acids is 1. The molecule has 0 saturated heterocycles. The van der Waals surface area contributed by atoms with Crippen LogP contribution in [0.15, 0.2) is 65.8 Å². The molecule has 0 aliphatic heterocycles. The minimum absolute atomic E-state index is 0.0832. The number of nitrogens with zero attached hydrogens (tertiary/aromatic N) is 1. The maximum Gasteiger partial charge on any atom is 0.416 e. The van der Waals surface area contributed by atoms with Crippen LogP contribution in [0.2, 0.25) is 10.0 Å². The Labute approximate surface area is 201 Å². The Morgan fingerprint density at radius 2 is 1.65 bits per heavy atom. The van der Waals surface area contributed by atoms with E-state index >= 15 is 0 Å². The van der Waals surface area contributed by atoms with Crippen molar-refractivity contribution < 1.29 is 32.6 Å². The number of hydrogen-bond acceptors (Lipinski definition) is 4. The van der Waals surface area contributed by atoms with E-state index in [2.05, 4.69) is 10.5 Å². The van der Waals surface area contributed by atoms with Crippen molar-refractivity contribution in [2.75, 3.05) is 0 Å². The largest absolute Gasteiger partial charge is 0.486 e. The number of carboxylic acid groups (broad SMARTS) is 1. The minimum atomic E-state index is -4.57. The third kappa shape index (κ3) is 6.49. The van der Waals surface area contributed by atoms with Gasteiger partial charge in [-0.15, -0.1) is 0 Å². The third-order valence-electron chi connectivity index (χ3n) is 4.44. The summed E-state index contributed by atoms with van der Waals surface area (Å²) in [7, 11) is 0. The summed E-state index contributed by atoms with van der Waals surface area (Å²) < 4.78 is 44.0. The molecule has 0 unspecified atom stereocenters. The van der Waals surface area contributed by atoms with E-state index in [9.17, 15) is 22.8 Å². The second-order valence-corrected chi connectivity index (χ2v) is 7.70. The molecule has 0 aromatic heterocycles. The van der Waals surface area contributed by atoms with Gasteiger partial charge < -0.3 is 9.84 Å². The molecule has 3 rings (SSSR count). The van der Waals surface area contributed by atoms with Gasteiger partial charge in [0, 0.05) is 5.56 Å². The zero-order valence-corrected chi connectivity index (χ0v) is 18.6. The zero-order valence-electron chi connectivity index (χ0n) is 17.1. The van der Waals surface area contributed by atoms with Crippen LogP contribution < -0.4 is 10.2 Å². The van der Waals surface area contributed by atoms with Crippen LogP contribution in [0.3, 0.4) is 0 Å². The topological polar surface area (TPSA) is 88.0 Å². The van der Waals surface area contributed by atoms with Crippen LogP contribution in [-0.4, -0.2) is 23.2 Å². The summed E-state index contributed by atoms with van der Waals surface area (Å²) in [6.45, 7) is 0.0832. The lowest BCUT2D eigenvalue weighted by atomic mass is 10.1. The molecule has 2 N–H and O–H groups in total. The van der Waals surface area contributed by atoms with E-state index in [0.717, 1.165) is 18.2 Å². The number of carbonyl (C=O) groups excluding carboxylic acids is 1. The molecule has 0 aliphatic rings. The summed E-state index contributed by atoms with van der Waals surface area (Å²) in [4.78, 5) is 23.0.